The molecule has 2 amide bonds. The van der Waals surface area contributed by atoms with Crippen LogP contribution in [0.3, 0.4) is 0 Å². The Kier molecular flexibility index (Phi) is 10.6. The summed E-state index contributed by atoms with van der Waals surface area (Å²) in [6, 6.07) is 20.9. The van der Waals surface area contributed by atoms with E-state index in [0.717, 1.165) is 16.3 Å². The standard InChI is InChI=1S/C29H36ClN3O3/c1-23(2)19-33(21-26-14-9-16-31(26)20-25-13-7-8-15-27(25)30)28(34)22-32(17-10-18-36-3)29(35)24-11-5-4-6-12-24/h4-9,11-16,23H,10,17-22H2,1-3H3. The van der Waals surface area contributed by atoms with Crippen molar-refractivity contribution in [3.63, 3.8) is 0 Å². The molecule has 0 atom stereocenters. The summed E-state index contributed by atoms with van der Waals surface area (Å²) in [5, 5.41) is 0.721. The molecule has 0 aliphatic carbocycles. The van der Waals surface area contributed by atoms with Gasteiger partial charge in [0.15, 0.2) is 0 Å². The van der Waals surface area contributed by atoms with Crippen molar-refractivity contribution in [2.45, 2.75) is 33.4 Å². The maximum absolute atomic E-state index is 13.6. The molecule has 1 heterocycles. The van der Waals surface area contributed by atoms with Crippen LogP contribution in [0.5, 0.6) is 0 Å². The molecule has 0 unspecified atom stereocenters. The van der Waals surface area contributed by atoms with Gasteiger partial charge in [-0.15, -0.1) is 0 Å². The Labute approximate surface area is 219 Å². The van der Waals surface area contributed by atoms with Gasteiger partial charge in [-0.05, 0) is 48.2 Å². The highest BCUT2D eigenvalue weighted by molar-refractivity contribution is 6.31. The highest BCUT2D eigenvalue weighted by Crippen LogP contribution is 2.19. The van der Waals surface area contributed by atoms with E-state index in [1.165, 1.54) is 0 Å². The first-order chi connectivity index (χ1) is 17.4. The highest BCUT2D eigenvalue weighted by Gasteiger charge is 2.23. The summed E-state index contributed by atoms with van der Waals surface area (Å²) >= 11 is 6.38. The highest BCUT2D eigenvalue weighted by atomic mass is 35.5. The van der Waals surface area contributed by atoms with Crippen LogP contribution in [0.1, 0.15) is 41.9 Å². The second kappa shape index (κ2) is 13.9. The quantitative estimate of drug-likeness (QED) is 0.292. The topological polar surface area (TPSA) is 54.8 Å². The number of nitrogens with zero attached hydrogens (tertiary/aromatic N) is 3. The number of amides is 2. The SMILES string of the molecule is COCCCN(CC(=O)N(Cc1cccn1Cc1ccccc1Cl)CC(C)C)C(=O)c1ccccc1. The van der Waals surface area contributed by atoms with Gasteiger partial charge < -0.3 is 19.1 Å². The first-order valence-corrected chi connectivity index (χ1v) is 12.7. The zero-order valence-electron chi connectivity index (χ0n) is 21.4. The van der Waals surface area contributed by atoms with Gasteiger partial charge in [0.05, 0.1) is 6.54 Å². The van der Waals surface area contributed by atoms with Crippen molar-refractivity contribution in [2.75, 3.05) is 33.4 Å². The van der Waals surface area contributed by atoms with E-state index < -0.39 is 0 Å². The van der Waals surface area contributed by atoms with Gasteiger partial charge in [-0.2, -0.15) is 0 Å². The smallest absolute Gasteiger partial charge is 0.254 e. The zero-order valence-corrected chi connectivity index (χ0v) is 22.2. The summed E-state index contributed by atoms with van der Waals surface area (Å²) in [6.07, 6.45) is 2.67. The summed E-state index contributed by atoms with van der Waals surface area (Å²) in [4.78, 5) is 30.3. The molecule has 0 spiro atoms. The Bertz CT molecular complexity index is 1110. The molecular weight excluding hydrogens is 474 g/mol. The second-order valence-electron chi connectivity index (χ2n) is 9.33. The Morgan fingerprint density at radius 2 is 1.69 bits per heavy atom. The van der Waals surface area contributed by atoms with Crippen LogP contribution in [0.15, 0.2) is 72.9 Å². The van der Waals surface area contributed by atoms with E-state index in [1.807, 2.05) is 65.7 Å². The first kappa shape index (κ1) is 27.5. The number of halogens is 1. The average Bonchev–Trinajstić information content (AvgIpc) is 3.30. The average molecular weight is 510 g/mol. The van der Waals surface area contributed by atoms with E-state index in [9.17, 15) is 9.59 Å². The van der Waals surface area contributed by atoms with Crippen molar-refractivity contribution in [1.29, 1.82) is 0 Å². The van der Waals surface area contributed by atoms with Gasteiger partial charge in [-0.25, -0.2) is 0 Å². The van der Waals surface area contributed by atoms with E-state index in [4.69, 9.17) is 16.3 Å². The van der Waals surface area contributed by atoms with Crippen molar-refractivity contribution < 1.29 is 14.3 Å². The minimum atomic E-state index is -0.147. The zero-order chi connectivity index (χ0) is 25.9. The predicted octanol–water partition coefficient (Wildman–Crippen LogP) is 5.35. The molecule has 1 aromatic heterocycles. The number of aromatic nitrogens is 1. The Morgan fingerprint density at radius 3 is 2.39 bits per heavy atom. The summed E-state index contributed by atoms with van der Waals surface area (Å²) in [6.45, 7) is 6.87. The van der Waals surface area contributed by atoms with Crippen LogP contribution >= 0.6 is 11.6 Å². The number of rotatable bonds is 13. The Balaban J connectivity index is 1.77. The van der Waals surface area contributed by atoms with Crippen molar-refractivity contribution >= 4 is 23.4 Å². The Morgan fingerprint density at radius 1 is 0.972 bits per heavy atom. The third-order valence-corrected chi connectivity index (χ3v) is 6.29. The first-order valence-electron chi connectivity index (χ1n) is 12.4. The number of ether oxygens (including phenoxy) is 1. The van der Waals surface area contributed by atoms with Crippen LogP contribution < -0.4 is 0 Å². The maximum Gasteiger partial charge on any atom is 0.254 e. The summed E-state index contributed by atoms with van der Waals surface area (Å²) in [5.74, 6) is 0.0650. The van der Waals surface area contributed by atoms with Gasteiger partial charge in [0, 0.05) is 55.8 Å². The van der Waals surface area contributed by atoms with Crippen molar-refractivity contribution in [3.05, 3.63) is 94.8 Å². The van der Waals surface area contributed by atoms with Crippen LogP contribution in [-0.4, -0.2) is 59.5 Å². The molecule has 0 aliphatic heterocycles. The van der Waals surface area contributed by atoms with E-state index in [1.54, 1.807) is 24.1 Å². The van der Waals surface area contributed by atoms with Crippen LogP contribution in [0.4, 0.5) is 0 Å². The van der Waals surface area contributed by atoms with Gasteiger partial charge in [0.1, 0.15) is 6.54 Å². The molecule has 7 heteroatoms. The molecule has 192 valence electrons. The van der Waals surface area contributed by atoms with Crippen LogP contribution in [-0.2, 0) is 22.6 Å². The van der Waals surface area contributed by atoms with Crippen LogP contribution in [0.25, 0.3) is 0 Å². The molecule has 0 radical (unpaired) electrons. The molecule has 0 fully saturated rings. The fourth-order valence-corrected chi connectivity index (χ4v) is 4.32. The normalized spacial score (nSPS) is 11.0. The molecular formula is C29H36ClN3O3. The summed E-state index contributed by atoms with van der Waals surface area (Å²) in [7, 11) is 1.64. The molecule has 6 nitrogen and oxygen atoms in total. The van der Waals surface area contributed by atoms with Crippen molar-refractivity contribution in [3.8, 4) is 0 Å². The van der Waals surface area contributed by atoms with Crippen molar-refractivity contribution in [1.82, 2.24) is 14.4 Å². The molecule has 3 aromatic rings. The largest absolute Gasteiger partial charge is 0.385 e. The molecule has 0 N–H and O–H groups in total. The lowest BCUT2D eigenvalue weighted by Crippen LogP contribution is -2.44. The van der Waals surface area contributed by atoms with Gasteiger partial charge in [-0.3, -0.25) is 9.59 Å². The molecule has 0 saturated carbocycles. The van der Waals surface area contributed by atoms with Crippen molar-refractivity contribution in [2.24, 2.45) is 5.92 Å². The fourth-order valence-electron chi connectivity index (χ4n) is 4.13. The molecule has 2 aromatic carbocycles. The molecule has 0 aliphatic rings. The minimum absolute atomic E-state index is 0.0232. The number of benzene rings is 2. The van der Waals surface area contributed by atoms with Gasteiger partial charge in [0.25, 0.3) is 5.91 Å². The lowest BCUT2D eigenvalue weighted by molar-refractivity contribution is -0.133. The van der Waals surface area contributed by atoms with E-state index >= 15 is 0 Å². The lowest BCUT2D eigenvalue weighted by atomic mass is 10.1. The number of carbonyl (C=O) groups excluding carboxylic acids is 2. The number of carbonyl (C=O) groups is 2. The van der Waals surface area contributed by atoms with E-state index in [-0.39, 0.29) is 24.3 Å². The number of hydrogen-bond donors (Lipinski definition) is 0. The monoisotopic (exact) mass is 509 g/mol. The second-order valence-corrected chi connectivity index (χ2v) is 9.73. The molecule has 0 saturated heterocycles. The van der Waals surface area contributed by atoms with Gasteiger partial charge >= 0.3 is 0 Å². The third kappa shape index (κ3) is 7.97. The number of hydrogen-bond acceptors (Lipinski definition) is 3. The van der Waals surface area contributed by atoms with Gasteiger partial charge in [0.2, 0.25) is 5.91 Å². The number of methoxy groups -OCH3 is 1. The van der Waals surface area contributed by atoms with E-state index in [2.05, 4.69) is 18.4 Å². The maximum atomic E-state index is 13.6. The van der Waals surface area contributed by atoms with Gasteiger partial charge in [-0.1, -0.05) is 61.8 Å². The van der Waals surface area contributed by atoms with Crippen LogP contribution in [0, 0.1) is 5.92 Å². The molecule has 0 bridgehead atoms. The van der Waals surface area contributed by atoms with Crippen LogP contribution in [0.2, 0.25) is 5.02 Å². The summed E-state index contributed by atoms with van der Waals surface area (Å²) in [5.41, 5.74) is 2.62. The molecule has 36 heavy (non-hydrogen) atoms. The summed E-state index contributed by atoms with van der Waals surface area (Å²) < 4.78 is 7.30. The molecule has 3 rings (SSSR count). The predicted molar refractivity (Wildman–Crippen MR) is 144 cm³/mol. The lowest BCUT2D eigenvalue weighted by Gasteiger charge is -2.29. The fraction of sp³-hybridized carbons (Fsp3) is 0.379. The minimum Gasteiger partial charge on any atom is -0.385 e. The Hall–Kier alpha value is -3.09. The third-order valence-electron chi connectivity index (χ3n) is 5.92. The van der Waals surface area contributed by atoms with E-state index in [0.29, 0.717) is 44.8 Å².